The zero-order valence-electron chi connectivity index (χ0n) is 18.3. The number of anilines is 3. The number of benzene rings is 3. The Balaban J connectivity index is 1.61. The second-order valence-corrected chi connectivity index (χ2v) is 8.19. The van der Waals surface area contributed by atoms with Crippen LogP contribution >= 0.6 is 23.2 Å². The number of halogens is 2. The molecule has 4 aromatic rings. The fourth-order valence-electron chi connectivity index (χ4n) is 3.44. The third-order valence-corrected chi connectivity index (χ3v) is 5.74. The van der Waals surface area contributed by atoms with Crippen LogP contribution in [-0.2, 0) is 0 Å². The molecule has 1 heterocycles. The predicted octanol–water partition coefficient (Wildman–Crippen LogP) is 6.75. The average molecular weight is 495 g/mol. The molecule has 7 nitrogen and oxygen atoms in total. The lowest BCUT2D eigenvalue weighted by Gasteiger charge is -2.15. The zero-order valence-corrected chi connectivity index (χ0v) is 19.8. The maximum atomic E-state index is 12.9. The van der Waals surface area contributed by atoms with Gasteiger partial charge in [0.2, 0.25) is 0 Å². The number of hydrogen-bond acceptors (Lipinski definition) is 4. The van der Waals surface area contributed by atoms with Crippen LogP contribution in [0.1, 0.15) is 15.9 Å². The van der Waals surface area contributed by atoms with Gasteiger partial charge in [-0.1, -0.05) is 41.4 Å². The number of hydrogen-bond donors (Lipinski definition) is 3. The van der Waals surface area contributed by atoms with Crippen molar-refractivity contribution in [2.75, 3.05) is 23.1 Å². The number of aryl methyl sites for hydroxylation is 1. The summed E-state index contributed by atoms with van der Waals surface area (Å²) in [6.07, 6.45) is 1.63. The third kappa shape index (κ3) is 4.90. The van der Waals surface area contributed by atoms with Gasteiger partial charge >= 0.3 is 6.03 Å². The van der Waals surface area contributed by atoms with E-state index in [-0.39, 0.29) is 15.6 Å². The van der Waals surface area contributed by atoms with Crippen LogP contribution in [0.3, 0.4) is 0 Å². The second-order valence-electron chi connectivity index (χ2n) is 7.38. The number of amides is 3. The van der Waals surface area contributed by atoms with E-state index in [9.17, 15) is 9.59 Å². The molecular formula is C25H20Cl2N4O3. The number of fused-ring (bicyclic) bond motifs is 1. The minimum absolute atomic E-state index is 0.173. The molecule has 4 rings (SSSR count). The van der Waals surface area contributed by atoms with Gasteiger partial charge < -0.3 is 20.7 Å². The number of methoxy groups -OCH3 is 1. The molecule has 3 aromatic carbocycles. The minimum atomic E-state index is -0.461. The Hall–Kier alpha value is -3.81. The number of aromatic nitrogens is 1. The summed E-state index contributed by atoms with van der Waals surface area (Å²) in [6, 6.07) is 16.7. The van der Waals surface area contributed by atoms with Gasteiger partial charge in [-0.05, 0) is 55.0 Å². The van der Waals surface area contributed by atoms with Gasteiger partial charge in [-0.3, -0.25) is 9.78 Å². The second kappa shape index (κ2) is 9.99. The molecule has 0 spiro atoms. The lowest BCUT2D eigenvalue weighted by atomic mass is 10.1. The molecule has 0 bridgehead atoms. The highest BCUT2D eigenvalue weighted by molar-refractivity contribution is 6.40. The lowest BCUT2D eigenvalue weighted by Crippen LogP contribution is -2.20. The first-order valence-electron chi connectivity index (χ1n) is 10.2. The first-order valence-corrected chi connectivity index (χ1v) is 11.0. The number of rotatable bonds is 5. The monoisotopic (exact) mass is 494 g/mol. The number of nitrogens with zero attached hydrogens (tertiary/aromatic N) is 1. The highest BCUT2D eigenvalue weighted by Gasteiger charge is 2.17. The van der Waals surface area contributed by atoms with Crippen molar-refractivity contribution in [2.24, 2.45) is 0 Å². The Kier molecular flexibility index (Phi) is 6.86. The van der Waals surface area contributed by atoms with Crippen molar-refractivity contribution >= 4 is 63.1 Å². The molecule has 0 saturated heterocycles. The first-order chi connectivity index (χ1) is 16.4. The summed E-state index contributed by atoms with van der Waals surface area (Å²) >= 11 is 12.3. The van der Waals surface area contributed by atoms with Crippen LogP contribution in [0.2, 0.25) is 10.0 Å². The summed E-state index contributed by atoms with van der Waals surface area (Å²) in [5, 5.41) is 9.64. The van der Waals surface area contributed by atoms with E-state index in [1.807, 2.05) is 13.0 Å². The van der Waals surface area contributed by atoms with Crippen LogP contribution in [0.25, 0.3) is 10.9 Å². The Morgan fingerprint density at radius 3 is 2.24 bits per heavy atom. The van der Waals surface area contributed by atoms with Crippen molar-refractivity contribution in [1.82, 2.24) is 4.98 Å². The fourth-order valence-corrected chi connectivity index (χ4v) is 4.01. The Bertz CT molecular complexity index is 1370. The van der Waals surface area contributed by atoms with Gasteiger partial charge in [0.1, 0.15) is 5.75 Å². The quantitative estimate of drug-likeness (QED) is 0.285. The molecule has 1 aromatic heterocycles. The third-order valence-electron chi connectivity index (χ3n) is 5.11. The average Bonchev–Trinajstić information content (AvgIpc) is 2.81. The van der Waals surface area contributed by atoms with Crippen molar-refractivity contribution in [3.05, 3.63) is 88.0 Å². The summed E-state index contributed by atoms with van der Waals surface area (Å²) in [5.74, 6) is 0.229. The number of pyridine rings is 1. The number of nitrogens with one attached hydrogen (secondary N) is 3. The van der Waals surface area contributed by atoms with Gasteiger partial charge in [-0.15, -0.1) is 0 Å². The van der Waals surface area contributed by atoms with Crippen LogP contribution in [0.15, 0.2) is 66.9 Å². The Labute approximate surface area is 206 Å². The normalized spacial score (nSPS) is 10.6. The topological polar surface area (TPSA) is 92.3 Å². The fraction of sp³-hybridized carbons (Fsp3) is 0.0800. The van der Waals surface area contributed by atoms with Crippen molar-refractivity contribution in [1.29, 1.82) is 0 Å². The molecule has 0 aliphatic rings. The minimum Gasteiger partial charge on any atom is -0.497 e. The Morgan fingerprint density at radius 1 is 0.882 bits per heavy atom. The number of para-hydroxylation sites is 1. The molecule has 0 unspecified atom stereocenters. The van der Waals surface area contributed by atoms with Gasteiger partial charge in [0, 0.05) is 17.3 Å². The summed E-state index contributed by atoms with van der Waals surface area (Å²) in [6.45, 7) is 1.84. The van der Waals surface area contributed by atoms with Crippen LogP contribution in [0, 0.1) is 6.92 Å². The van der Waals surface area contributed by atoms with Crippen molar-refractivity contribution < 1.29 is 14.3 Å². The molecule has 34 heavy (non-hydrogen) atoms. The molecule has 0 radical (unpaired) electrons. The van der Waals surface area contributed by atoms with E-state index in [1.54, 1.807) is 67.9 Å². The summed E-state index contributed by atoms with van der Waals surface area (Å²) in [4.78, 5) is 30.0. The van der Waals surface area contributed by atoms with E-state index < -0.39 is 11.9 Å². The molecular weight excluding hydrogens is 475 g/mol. The molecule has 9 heteroatoms. The molecule has 0 aliphatic carbocycles. The predicted molar refractivity (Wildman–Crippen MR) is 137 cm³/mol. The van der Waals surface area contributed by atoms with Crippen LogP contribution in [0.4, 0.5) is 21.9 Å². The van der Waals surface area contributed by atoms with E-state index >= 15 is 0 Å². The van der Waals surface area contributed by atoms with Crippen LogP contribution in [0.5, 0.6) is 5.75 Å². The van der Waals surface area contributed by atoms with Gasteiger partial charge in [0.05, 0.1) is 39.6 Å². The molecule has 172 valence electrons. The maximum absolute atomic E-state index is 12.9. The van der Waals surface area contributed by atoms with E-state index in [2.05, 4.69) is 20.9 Å². The zero-order chi connectivity index (χ0) is 24.2. The highest BCUT2D eigenvalue weighted by Crippen LogP contribution is 2.32. The Morgan fingerprint density at radius 2 is 1.56 bits per heavy atom. The number of ether oxygens (including phenoxy) is 1. The van der Waals surface area contributed by atoms with Crippen molar-refractivity contribution in [3.8, 4) is 5.75 Å². The van der Waals surface area contributed by atoms with Crippen LogP contribution < -0.4 is 20.7 Å². The van der Waals surface area contributed by atoms with Crippen molar-refractivity contribution in [2.45, 2.75) is 6.92 Å². The van der Waals surface area contributed by atoms with E-state index in [0.29, 0.717) is 33.7 Å². The number of urea groups is 1. The number of carbonyl (C=O) groups is 2. The smallest absolute Gasteiger partial charge is 0.323 e. The molecule has 0 fully saturated rings. The molecule has 3 N–H and O–H groups in total. The summed E-state index contributed by atoms with van der Waals surface area (Å²) < 4.78 is 5.13. The molecule has 0 atom stereocenters. The van der Waals surface area contributed by atoms with Crippen LogP contribution in [-0.4, -0.2) is 24.0 Å². The summed E-state index contributed by atoms with van der Waals surface area (Å²) in [5.41, 5.74) is 3.07. The maximum Gasteiger partial charge on any atom is 0.323 e. The standard InChI is InChI=1S/C25H20Cl2N4O3/c1-14-13-28-23-17(22(14)31-25(33)29-15-9-11-16(34-2)12-10-15)5-3-8-20(23)30-24(32)21-18(26)6-4-7-19(21)27/h3-13H,1-2H3,(H,30,32)(H2,28,29,31,33). The van der Waals surface area contributed by atoms with Gasteiger partial charge in [-0.25, -0.2) is 4.79 Å². The lowest BCUT2D eigenvalue weighted by molar-refractivity contribution is 0.102. The molecule has 3 amide bonds. The van der Waals surface area contributed by atoms with Gasteiger partial charge in [-0.2, -0.15) is 0 Å². The number of carbonyl (C=O) groups excluding carboxylic acids is 2. The van der Waals surface area contributed by atoms with Crippen molar-refractivity contribution in [3.63, 3.8) is 0 Å². The largest absolute Gasteiger partial charge is 0.497 e. The highest BCUT2D eigenvalue weighted by atomic mass is 35.5. The summed E-state index contributed by atoms with van der Waals surface area (Å²) in [7, 11) is 1.58. The van der Waals surface area contributed by atoms with E-state index in [1.165, 1.54) is 0 Å². The SMILES string of the molecule is COc1ccc(NC(=O)Nc2c(C)cnc3c(NC(=O)c4c(Cl)cccc4Cl)cccc23)cc1. The van der Waals surface area contributed by atoms with E-state index in [4.69, 9.17) is 27.9 Å². The van der Waals surface area contributed by atoms with Gasteiger partial charge in [0.15, 0.2) is 0 Å². The van der Waals surface area contributed by atoms with E-state index in [0.717, 1.165) is 5.56 Å². The molecule has 0 aliphatic heterocycles. The molecule has 0 saturated carbocycles. The first kappa shape index (κ1) is 23.4. The van der Waals surface area contributed by atoms with Gasteiger partial charge in [0.25, 0.3) is 5.91 Å².